The molecule has 0 aliphatic rings. The van der Waals surface area contributed by atoms with Crippen LogP contribution >= 0.6 is 0 Å². The van der Waals surface area contributed by atoms with Crippen LogP contribution in [0.3, 0.4) is 0 Å². The fourth-order valence-corrected chi connectivity index (χ4v) is 1.93. The van der Waals surface area contributed by atoms with E-state index >= 15 is 0 Å². The minimum Gasteiger partial charge on any atom is -0.373 e. The summed E-state index contributed by atoms with van der Waals surface area (Å²) in [5, 5.41) is 10.8. The molecule has 0 bridgehead atoms. The second-order valence-corrected chi connectivity index (χ2v) is 4.90. The van der Waals surface area contributed by atoms with Gasteiger partial charge in [0, 0.05) is 5.56 Å². The Hall–Kier alpha value is -2.04. The molecule has 0 saturated heterocycles. The smallest absolute Gasteiger partial charge is 0.153 e. The van der Waals surface area contributed by atoms with Gasteiger partial charge in [0.1, 0.15) is 0 Å². The summed E-state index contributed by atoms with van der Waals surface area (Å²) in [6.45, 7) is 3.96. The first-order valence-corrected chi connectivity index (χ1v) is 6.49. The zero-order chi connectivity index (χ0) is 13.7. The molecule has 0 aliphatic carbocycles. The van der Waals surface area contributed by atoms with Gasteiger partial charge in [-0.1, -0.05) is 74.2 Å². The van der Waals surface area contributed by atoms with Crippen molar-refractivity contribution >= 4 is 0 Å². The number of aliphatic hydroxyl groups is 1. The van der Waals surface area contributed by atoms with Crippen LogP contribution in [0, 0.1) is 17.8 Å². The van der Waals surface area contributed by atoms with Gasteiger partial charge >= 0.3 is 0 Å². The maximum absolute atomic E-state index is 10.8. The molecular weight excluding hydrogens is 232 g/mol. The van der Waals surface area contributed by atoms with Crippen molar-refractivity contribution in [1.82, 2.24) is 0 Å². The summed E-state index contributed by atoms with van der Waals surface area (Å²) in [6.07, 6.45) is 0. The molecule has 1 atom stereocenters. The van der Waals surface area contributed by atoms with Gasteiger partial charge in [-0.2, -0.15) is 0 Å². The molecule has 96 valence electrons. The van der Waals surface area contributed by atoms with Gasteiger partial charge in [-0.15, -0.1) is 0 Å². The minimum absolute atomic E-state index is 0.0195. The second kappa shape index (κ2) is 5.73. The summed E-state index contributed by atoms with van der Waals surface area (Å²) in [4.78, 5) is 0. The van der Waals surface area contributed by atoms with Gasteiger partial charge in [-0.3, -0.25) is 0 Å². The molecule has 0 unspecified atom stereocenters. The molecule has 2 rings (SSSR count). The van der Waals surface area contributed by atoms with E-state index < -0.39 is 5.60 Å². The van der Waals surface area contributed by atoms with Crippen LogP contribution in [-0.4, -0.2) is 5.11 Å². The van der Waals surface area contributed by atoms with Crippen LogP contribution in [0.4, 0.5) is 0 Å². The zero-order valence-electron chi connectivity index (χ0n) is 11.3. The first-order chi connectivity index (χ1) is 9.13. The Kier molecular flexibility index (Phi) is 4.04. The van der Waals surface area contributed by atoms with Gasteiger partial charge in [-0.25, -0.2) is 0 Å². The Morgan fingerprint density at radius 3 is 1.95 bits per heavy atom. The van der Waals surface area contributed by atoms with Gasteiger partial charge < -0.3 is 5.11 Å². The lowest BCUT2D eigenvalue weighted by molar-refractivity contribution is 0.0503. The summed E-state index contributed by atoms with van der Waals surface area (Å²) < 4.78 is 0. The van der Waals surface area contributed by atoms with Crippen molar-refractivity contribution in [2.75, 3.05) is 0 Å². The van der Waals surface area contributed by atoms with E-state index in [1.165, 1.54) is 0 Å². The molecule has 0 amide bonds. The SMILES string of the molecule is CC(C)[C@@](O)(C#Cc1ccccc1)c1ccccc1. The maximum Gasteiger partial charge on any atom is 0.153 e. The molecule has 0 aliphatic heterocycles. The summed E-state index contributed by atoms with van der Waals surface area (Å²) in [5.41, 5.74) is 0.642. The Labute approximate surface area is 114 Å². The minimum atomic E-state index is -1.11. The number of benzene rings is 2. The molecule has 2 aromatic rings. The van der Waals surface area contributed by atoms with Crippen molar-refractivity contribution < 1.29 is 5.11 Å². The van der Waals surface area contributed by atoms with Crippen LogP contribution in [0.1, 0.15) is 25.0 Å². The van der Waals surface area contributed by atoms with Crippen molar-refractivity contribution in [2.24, 2.45) is 5.92 Å². The Morgan fingerprint density at radius 1 is 0.895 bits per heavy atom. The van der Waals surface area contributed by atoms with Crippen molar-refractivity contribution in [3.05, 3.63) is 71.8 Å². The average Bonchev–Trinajstić information content (AvgIpc) is 2.46. The lowest BCUT2D eigenvalue weighted by Crippen LogP contribution is -2.30. The zero-order valence-corrected chi connectivity index (χ0v) is 11.3. The molecule has 1 nitrogen and oxygen atoms in total. The fourth-order valence-electron chi connectivity index (χ4n) is 1.93. The van der Waals surface area contributed by atoms with Crippen molar-refractivity contribution in [2.45, 2.75) is 19.4 Å². The van der Waals surface area contributed by atoms with E-state index in [-0.39, 0.29) is 5.92 Å². The van der Waals surface area contributed by atoms with E-state index in [4.69, 9.17) is 0 Å². The van der Waals surface area contributed by atoms with Crippen LogP contribution in [0.2, 0.25) is 0 Å². The lowest BCUT2D eigenvalue weighted by Gasteiger charge is -2.27. The van der Waals surface area contributed by atoms with E-state index in [2.05, 4.69) is 11.8 Å². The molecule has 19 heavy (non-hydrogen) atoms. The topological polar surface area (TPSA) is 20.2 Å². The lowest BCUT2D eigenvalue weighted by atomic mass is 9.84. The summed E-state index contributed by atoms with van der Waals surface area (Å²) in [6, 6.07) is 19.4. The van der Waals surface area contributed by atoms with Crippen molar-refractivity contribution in [1.29, 1.82) is 0 Å². The number of hydrogen-bond donors (Lipinski definition) is 1. The van der Waals surface area contributed by atoms with Gasteiger partial charge in [0.15, 0.2) is 5.60 Å². The summed E-state index contributed by atoms with van der Waals surface area (Å²) >= 11 is 0. The van der Waals surface area contributed by atoms with Crippen LogP contribution < -0.4 is 0 Å². The standard InChI is InChI=1S/C18H18O/c1-15(2)18(19,17-11-7-4-8-12-17)14-13-16-9-5-3-6-10-16/h3-12,15,19H,1-2H3/t18-/m0/s1. The third kappa shape index (κ3) is 3.05. The van der Waals surface area contributed by atoms with Crippen molar-refractivity contribution in [3.63, 3.8) is 0 Å². The Balaban J connectivity index is 2.40. The van der Waals surface area contributed by atoms with Gasteiger partial charge in [0.05, 0.1) is 0 Å². The third-order valence-electron chi connectivity index (χ3n) is 3.22. The highest BCUT2D eigenvalue weighted by molar-refractivity contribution is 5.40. The van der Waals surface area contributed by atoms with Gasteiger partial charge in [-0.05, 0) is 23.6 Å². The third-order valence-corrected chi connectivity index (χ3v) is 3.22. The van der Waals surface area contributed by atoms with Crippen molar-refractivity contribution in [3.8, 4) is 11.8 Å². The van der Waals surface area contributed by atoms with E-state index in [1.807, 2.05) is 74.5 Å². The summed E-state index contributed by atoms with van der Waals surface area (Å²) in [7, 11) is 0. The number of hydrogen-bond acceptors (Lipinski definition) is 1. The predicted molar refractivity (Wildman–Crippen MR) is 78.5 cm³/mol. The first-order valence-electron chi connectivity index (χ1n) is 6.49. The summed E-state index contributed by atoms with van der Waals surface area (Å²) in [5.74, 6) is 6.12. The highest BCUT2D eigenvalue weighted by Gasteiger charge is 2.30. The van der Waals surface area contributed by atoms with Gasteiger partial charge in [0.2, 0.25) is 0 Å². The molecule has 0 aromatic heterocycles. The highest BCUT2D eigenvalue weighted by Crippen LogP contribution is 2.28. The first kappa shape index (κ1) is 13.4. The Bertz CT molecular complexity index is 575. The average molecular weight is 250 g/mol. The Morgan fingerprint density at radius 2 is 1.42 bits per heavy atom. The number of rotatable bonds is 2. The van der Waals surface area contributed by atoms with Gasteiger partial charge in [0.25, 0.3) is 0 Å². The van der Waals surface area contributed by atoms with Crippen LogP contribution in [-0.2, 0) is 5.60 Å². The molecule has 0 fully saturated rings. The second-order valence-electron chi connectivity index (χ2n) is 4.90. The van der Waals surface area contributed by atoms with E-state index in [0.717, 1.165) is 11.1 Å². The molecule has 0 spiro atoms. The van der Waals surface area contributed by atoms with Crippen LogP contribution in [0.25, 0.3) is 0 Å². The molecule has 1 heteroatoms. The molecular formula is C18H18O. The highest BCUT2D eigenvalue weighted by atomic mass is 16.3. The van der Waals surface area contributed by atoms with Crippen LogP contribution in [0.15, 0.2) is 60.7 Å². The molecule has 0 radical (unpaired) electrons. The van der Waals surface area contributed by atoms with E-state index in [1.54, 1.807) is 0 Å². The molecule has 2 aromatic carbocycles. The molecule has 0 saturated carbocycles. The maximum atomic E-state index is 10.8. The molecule has 1 N–H and O–H groups in total. The monoisotopic (exact) mass is 250 g/mol. The quantitative estimate of drug-likeness (QED) is 0.808. The fraction of sp³-hybridized carbons (Fsp3) is 0.222. The van der Waals surface area contributed by atoms with E-state index in [9.17, 15) is 5.11 Å². The van der Waals surface area contributed by atoms with Crippen LogP contribution in [0.5, 0.6) is 0 Å². The predicted octanol–water partition coefficient (Wildman–Crippen LogP) is 3.58. The largest absolute Gasteiger partial charge is 0.373 e. The van der Waals surface area contributed by atoms with E-state index in [0.29, 0.717) is 0 Å². The normalized spacial score (nSPS) is 13.5. The molecule has 0 heterocycles.